The zero-order valence-corrected chi connectivity index (χ0v) is 15.8. The number of carbonyl (C=O) groups excluding carboxylic acids is 1. The zero-order chi connectivity index (χ0) is 19.8. The van der Waals surface area contributed by atoms with Gasteiger partial charge >= 0.3 is 11.9 Å². The van der Waals surface area contributed by atoms with E-state index in [1.54, 1.807) is 6.07 Å². The summed E-state index contributed by atoms with van der Waals surface area (Å²) < 4.78 is 27.4. The predicted molar refractivity (Wildman–Crippen MR) is 101 cm³/mol. The van der Waals surface area contributed by atoms with Gasteiger partial charge < -0.3 is 19.3 Å². The van der Waals surface area contributed by atoms with Gasteiger partial charge in [0.1, 0.15) is 17.1 Å². The number of methoxy groups -OCH3 is 1. The Kier molecular flexibility index (Phi) is 4.89. The molecule has 2 aromatic rings. The number of esters is 1. The Hall–Kier alpha value is -2.74. The maximum atomic E-state index is 13.5. The summed E-state index contributed by atoms with van der Waals surface area (Å²) in [4.78, 5) is 24.0. The van der Waals surface area contributed by atoms with E-state index in [2.05, 4.69) is 4.72 Å². The standard InChI is InChI=1S/C20H18FNO5S/c1-26-20(25)18-15(4-3-13-14-7-11(14)9-27-19(13)18)22-28-16-5-2-12(21)6-10(16)8-17(23)24/h2-6,11,14,22H,7-9H2,1H3,(H,23,24). The van der Waals surface area contributed by atoms with Gasteiger partial charge in [-0.1, -0.05) is 6.07 Å². The van der Waals surface area contributed by atoms with Crippen LogP contribution < -0.4 is 9.46 Å². The molecular weight excluding hydrogens is 385 g/mol. The highest BCUT2D eigenvalue weighted by molar-refractivity contribution is 8.00. The molecule has 8 heteroatoms. The van der Waals surface area contributed by atoms with E-state index < -0.39 is 17.8 Å². The second-order valence-electron chi connectivity index (χ2n) is 6.84. The quantitative estimate of drug-likeness (QED) is 0.560. The number of fused-ring (bicyclic) bond motifs is 3. The first-order valence-electron chi connectivity index (χ1n) is 8.79. The molecule has 0 spiro atoms. The summed E-state index contributed by atoms with van der Waals surface area (Å²) in [6, 6.07) is 7.70. The first-order chi connectivity index (χ1) is 13.5. The van der Waals surface area contributed by atoms with Crippen molar-refractivity contribution in [1.82, 2.24) is 0 Å². The van der Waals surface area contributed by atoms with Gasteiger partial charge in [-0.25, -0.2) is 9.18 Å². The second-order valence-corrected chi connectivity index (χ2v) is 7.69. The first-order valence-corrected chi connectivity index (χ1v) is 9.60. The molecule has 2 N–H and O–H groups in total. The lowest BCUT2D eigenvalue weighted by molar-refractivity contribution is -0.136. The first kappa shape index (κ1) is 18.6. The van der Waals surface area contributed by atoms with Crippen molar-refractivity contribution in [2.75, 3.05) is 18.4 Å². The summed E-state index contributed by atoms with van der Waals surface area (Å²) in [6.45, 7) is 0.582. The summed E-state index contributed by atoms with van der Waals surface area (Å²) in [6.07, 6.45) is 0.755. The molecule has 2 atom stereocenters. The molecule has 0 saturated heterocycles. The van der Waals surface area contributed by atoms with Crippen molar-refractivity contribution in [3.05, 3.63) is 52.8 Å². The number of ether oxygens (including phenoxy) is 2. The van der Waals surface area contributed by atoms with Crippen LogP contribution in [-0.4, -0.2) is 30.8 Å². The molecular formula is C20H18FNO5S. The Balaban J connectivity index is 1.64. The number of anilines is 1. The van der Waals surface area contributed by atoms with E-state index in [4.69, 9.17) is 14.6 Å². The van der Waals surface area contributed by atoms with Crippen LogP contribution >= 0.6 is 11.9 Å². The molecule has 1 heterocycles. The summed E-state index contributed by atoms with van der Waals surface area (Å²) in [7, 11) is 1.31. The number of hydrogen-bond acceptors (Lipinski definition) is 6. The van der Waals surface area contributed by atoms with Gasteiger partial charge in [-0.2, -0.15) is 0 Å². The van der Waals surface area contributed by atoms with E-state index in [0.717, 1.165) is 23.9 Å². The third-order valence-corrected chi connectivity index (χ3v) is 5.92. The van der Waals surface area contributed by atoms with Crippen molar-refractivity contribution in [1.29, 1.82) is 0 Å². The third-order valence-electron chi connectivity index (χ3n) is 4.98. The topological polar surface area (TPSA) is 84.9 Å². The van der Waals surface area contributed by atoms with E-state index >= 15 is 0 Å². The highest BCUT2D eigenvalue weighted by Gasteiger charge is 2.45. The van der Waals surface area contributed by atoms with Crippen molar-refractivity contribution in [2.24, 2.45) is 5.92 Å². The van der Waals surface area contributed by atoms with Crippen molar-refractivity contribution >= 4 is 29.6 Å². The largest absolute Gasteiger partial charge is 0.492 e. The van der Waals surface area contributed by atoms with Crippen LogP contribution in [0, 0.1) is 11.7 Å². The number of carbonyl (C=O) groups is 2. The molecule has 2 unspecified atom stereocenters. The number of hydrogen-bond donors (Lipinski definition) is 2. The molecule has 6 nitrogen and oxygen atoms in total. The number of carboxylic acid groups (broad SMARTS) is 1. The molecule has 0 amide bonds. The maximum absolute atomic E-state index is 13.5. The lowest BCUT2D eigenvalue weighted by Crippen LogP contribution is -2.15. The van der Waals surface area contributed by atoms with Crippen LogP contribution in [0.15, 0.2) is 35.2 Å². The second kappa shape index (κ2) is 7.35. The molecule has 1 fully saturated rings. The van der Waals surface area contributed by atoms with Gasteiger partial charge in [-0.15, -0.1) is 0 Å². The van der Waals surface area contributed by atoms with Crippen LogP contribution in [0.2, 0.25) is 0 Å². The van der Waals surface area contributed by atoms with Crippen molar-refractivity contribution in [3.63, 3.8) is 0 Å². The summed E-state index contributed by atoms with van der Waals surface area (Å²) >= 11 is 1.11. The average molecular weight is 403 g/mol. The molecule has 4 rings (SSSR count). The van der Waals surface area contributed by atoms with Crippen LogP contribution in [0.5, 0.6) is 5.75 Å². The summed E-state index contributed by atoms with van der Waals surface area (Å²) in [5.74, 6) is -0.581. The smallest absolute Gasteiger partial charge is 0.343 e. The number of halogens is 1. The number of nitrogens with one attached hydrogen (secondary N) is 1. The summed E-state index contributed by atoms with van der Waals surface area (Å²) in [5, 5.41) is 9.05. The Labute approximate surface area is 165 Å². The van der Waals surface area contributed by atoms with E-state index in [9.17, 15) is 14.0 Å². The minimum Gasteiger partial charge on any atom is -0.492 e. The van der Waals surface area contributed by atoms with Gasteiger partial charge in [0, 0.05) is 10.8 Å². The molecule has 1 aliphatic carbocycles. The van der Waals surface area contributed by atoms with Crippen LogP contribution in [0.1, 0.15) is 33.8 Å². The highest BCUT2D eigenvalue weighted by atomic mass is 32.2. The monoisotopic (exact) mass is 403 g/mol. The van der Waals surface area contributed by atoms with E-state index in [1.165, 1.54) is 25.3 Å². The van der Waals surface area contributed by atoms with Gasteiger partial charge in [0.25, 0.3) is 0 Å². The van der Waals surface area contributed by atoms with Crippen LogP contribution in [-0.2, 0) is 16.0 Å². The number of carboxylic acids is 1. The maximum Gasteiger partial charge on any atom is 0.343 e. The minimum absolute atomic E-state index is 0.304. The Morgan fingerprint density at radius 3 is 2.93 bits per heavy atom. The molecule has 0 aromatic heterocycles. The number of benzene rings is 2. The van der Waals surface area contributed by atoms with Crippen molar-refractivity contribution in [2.45, 2.75) is 23.7 Å². The Morgan fingerprint density at radius 1 is 1.36 bits per heavy atom. The normalized spacial score (nSPS) is 19.1. The number of rotatable bonds is 6. The van der Waals surface area contributed by atoms with Gasteiger partial charge in [0.05, 0.1) is 25.8 Å². The highest BCUT2D eigenvalue weighted by Crippen LogP contribution is 2.55. The van der Waals surface area contributed by atoms with E-state index in [0.29, 0.717) is 45.9 Å². The van der Waals surface area contributed by atoms with Gasteiger partial charge in [0.2, 0.25) is 0 Å². The lowest BCUT2D eigenvalue weighted by atomic mass is 10.0. The van der Waals surface area contributed by atoms with Crippen molar-refractivity contribution < 1.29 is 28.6 Å². The van der Waals surface area contributed by atoms with E-state index in [1.807, 2.05) is 6.07 Å². The van der Waals surface area contributed by atoms with Crippen LogP contribution in [0.3, 0.4) is 0 Å². The lowest BCUT2D eigenvalue weighted by Gasteiger charge is -2.21. The Morgan fingerprint density at radius 2 is 2.18 bits per heavy atom. The fourth-order valence-electron chi connectivity index (χ4n) is 3.50. The molecule has 2 aliphatic rings. The SMILES string of the molecule is COC(=O)c1c(NSc2ccc(F)cc2CC(=O)O)ccc2c1OCC1CC21. The van der Waals surface area contributed by atoms with Gasteiger partial charge in [0.15, 0.2) is 0 Å². The van der Waals surface area contributed by atoms with Crippen LogP contribution in [0.4, 0.5) is 10.1 Å². The fourth-order valence-corrected chi connectivity index (χ4v) is 4.29. The molecule has 0 bridgehead atoms. The minimum atomic E-state index is -1.05. The number of aliphatic carboxylic acids is 1. The predicted octanol–water partition coefficient (Wildman–Crippen LogP) is 3.85. The molecule has 28 heavy (non-hydrogen) atoms. The Bertz CT molecular complexity index is 964. The summed E-state index contributed by atoms with van der Waals surface area (Å²) in [5.41, 5.74) is 2.18. The molecule has 0 radical (unpaired) electrons. The molecule has 2 aromatic carbocycles. The molecule has 1 saturated carbocycles. The van der Waals surface area contributed by atoms with Crippen molar-refractivity contribution in [3.8, 4) is 5.75 Å². The molecule has 1 aliphatic heterocycles. The fraction of sp³-hybridized carbons (Fsp3) is 0.300. The zero-order valence-electron chi connectivity index (χ0n) is 15.0. The average Bonchev–Trinajstić information content (AvgIpc) is 3.46. The molecule has 146 valence electrons. The third kappa shape index (κ3) is 3.52. The van der Waals surface area contributed by atoms with Gasteiger partial charge in [-0.05, 0) is 59.7 Å². The van der Waals surface area contributed by atoms with Gasteiger partial charge in [-0.3, -0.25) is 4.79 Å². The van der Waals surface area contributed by atoms with E-state index in [-0.39, 0.29) is 6.42 Å². The van der Waals surface area contributed by atoms with Crippen LogP contribution in [0.25, 0.3) is 0 Å².